The first kappa shape index (κ1) is 23.2. The van der Waals surface area contributed by atoms with Crippen LogP contribution in [0.1, 0.15) is 104 Å². The van der Waals surface area contributed by atoms with E-state index < -0.39 is 0 Å². The molecule has 0 fully saturated rings. The van der Waals surface area contributed by atoms with Crippen LogP contribution in [-0.2, 0) is 4.79 Å². The lowest BCUT2D eigenvalue weighted by atomic mass is 10.1. The summed E-state index contributed by atoms with van der Waals surface area (Å²) < 4.78 is 0. The van der Waals surface area contributed by atoms with Gasteiger partial charge >= 0.3 is 0 Å². The zero-order valence-electron chi connectivity index (χ0n) is 16.3. The van der Waals surface area contributed by atoms with E-state index >= 15 is 0 Å². The highest BCUT2D eigenvalue weighted by Crippen LogP contribution is 2.09. The van der Waals surface area contributed by atoms with E-state index in [1.54, 1.807) is 6.92 Å². The van der Waals surface area contributed by atoms with Gasteiger partial charge in [-0.3, -0.25) is 4.79 Å². The molecule has 1 amide bonds. The van der Waals surface area contributed by atoms with Gasteiger partial charge in [-0.25, -0.2) is 0 Å². The van der Waals surface area contributed by atoms with E-state index in [0.29, 0.717) is 0 Å². The quantitative estimate of drug-likeness (QED) is 0.272. The number of amides is 1. The molecule has 1 unspecified atom stereocenters. The van der Waals surface area contributed by atoms with Gasteiger partial charge in [-0.15, -0.1) is 0 Å². The van der Waals surface area contributed by atoms with Gasteiger partial charge in [-0.1, -0.05) is 76.9 Å². The smallest absolute Gasteiger partial charge is 0.236 e. The molecule has 0 bridgehead atoms. The number of hydrogen-bond donors (Lipinski definition) is 2. The molecule has 0 rings (SSSR count). The van der Waals surface area contributed by atoms with E-state index in [-0.39, 0.29) is 11.9 Å². The van der Waals surface area contributed by atoms with Crippen LogP contribution >= 0.6 is 0 Å². The van der Waals surface area contributed by atoms with E-state index in [2.05, 4.69) is 24.4 Å². The number of carbonyl (C=O) groups excluding carboxylic acids is 1. The van der Waals surface area contributed by atoms with Gasteiger partial charge in [0.2, 0.25) is 5.91 Å². The van der Waals surface area contributed by atoms with E-state index in [0.717, 1.165) is 13.0 Å². The highest BCUT2D eigenvalue weighted by Gasteiger charge is 2.04. The first-order valence-electron chi connectivity index (χ1n) is 10.4. The van der Waals surface area contributed by atoms with Crippen molar-refractivity contribution in [3.63, 3.8) is 0 Å². The Balaban J connectivity index is 3.14. The molecule has 3 N–H and O–H groups in total. The third-order valence-corrected chi connectivity index (χ3v) is 4.40. The van der Waals surface area contributed by atoms with Crippen LogP contribution in [0.2, 0.25) is 0 Å². The van der Waals surface area contributed by atoms with E-state index in [1.807, 2.05) is 0 Å². The lowest BCUT2D eigenvalue weighted by Gasteiger charge is -2.07. The van der Waals surface area contributed by atoms with Crippen LogP contribution in [0.25, 0.3) is 0 Å². The van der Waals surface area contributed by atoms with E-state index in [1.165, 1.54) is 83.5 Å². The number of allylic oxidation sites excluding steroid dienone is 2. The lowest BCUT2D eigenvalue weighted by Crippen LogP contribution is -2.38. The molecular formula is C21H42N2O. The van der Waals surface area contributed by atoms with Crippen molar-refractivity contribution >= 4 is 5.91 Å². The largest absolute Gasteiger partial charge is 0.355 e. The van der Waals surface area contributed by atoms with Crippen molar-refractivity contribution in [3.05, 3.63) is 12.2 Å². The number of nitrogens with two attached hydrogens (primary N) is 1. The fourth-order valence-electron chi connectivity index (χ4n) is 2.75. The van der Waals surface area contributed by atoms with Crippen molar-refractivity contribution in [1.82, 2.24) is 5.32 Å². The standard InChI is InChI=1S/C21H42N2O/c1-3-4-5-6-7-8-9-10-11-12-13-14-15-16-17-18-19-23-21(24)20(2)22/h10-11,20H,3-9,12-19,22H2,1-2H3,(H,23,24)/b11-10-. The predicted molar refractivity (Wildman–Crippen MR) is 106 cm³/mol. The van der Waals surface area contributed by atoms with Gasteiger partial charge in [0.25, 0.3) is 0 Å². The Morgan fingerprint density at radius 1 is 0.833 bits per heavy atom. The van der Waals surface area contributed by atoms with Gasteiger partial charge in [-0.05, 0) is 39.0 Å². The zero-order valence-corrected chi connectivity index (χ0v) is 16.3. The number of hydrogen-bond acceptors (Lipinski definition) is 2. The highest BCUT2D eigenvalue weighted by molar-refractivity contribution is 5.80. The minimum atomic E-state index is -0.390. The molecule has 0 aliphatic rings. The summed E-state index contributed by atoms with van der Waals surface area (Å²) in [6.07, 6.45) is 23.1. The molecule has 24 heavy (non-hydrogen) atoms. The molecule has 0 radical (unpaired) electrons. The Morgan fingerprint density at radius 2 is 1.29 bits per heavy atom. The van der Waals surface area contributed by atoms with Crippen LogP contribution in [-0.4, -0.2) is 18.5 Å². The van der Waals surface area contributed by atoms with Crippen LogP contribution in [0.4, 0.5) is 0 Å². The summed E-state index contributed by atoms with van der Waals surface area (Å²) in [6, 6.07) is -0.390. The first-order chi connectivity index (χ1) is 11.7. The molecule has 3 nitrogen and oxygen atoms in total. The molecule has 1 atom stereocenters. The lowest BCUT2D eigenvalue weighted by molar-refractivity contribution is -0.121. The second kappa shape index (κ2) is 18.5. The Labute approximate surface area is 150 Å². The number of carbonyl (C=O) groups is 1. The van der Waals surface area contributed by atoms with Crippen LogP contribution in [0.5, 0.6) is 0 Å². The molecule has 0 aliphatic heterocycles. The second-order valence-corrected chi connectivity index (χ2v) is 7.02. The minimum Gasteiger partial charge on any atom is -0.355 e. The average molecular weight is 339 g/mol. The van der Waals surface area contributed by atoms with E-state index in [9.17, 15) is 4.79 Å². The second-order valence-electron chi connectivity index (χ2n) is 7.02. The minimum absolute atomic E-state index is 0.0391. The predicted octanol–water partition coefficient (Wildman–Crippen LogP) is 5.49. The summed E-state index contributed by atoms with van der Waals surface area (Å²) in [5.74, 6) is -0.0391. The first-order valence-corrected chi connectivity index (χ1v) is 10.4. The molecule has 3 heteroatoms. The molecular weight excluding hydrogens is 296 g/mol. The third kappa shape index (κ3) is 17.5. The van der Waals surface area contributed by atoms with Crippen molar-refractivity contribution in [2.75, 3.05) is 6.54 Å². The zero-order chi connectivity index (χ0) is 17.9. The number of nitrogens with one attached hydrogen (secondary N) is 1. The molecule has 0 heterocycles. The normalized spacial score (nSPS) is 12.6. The summed E-state index contributed by atoms with van der Waals surface area (Å²) in [5.41, 5.74) is 5.49. The summed E-state index contributed by atoms with van der Waals surface area (Å²) in [4.78, 5) is 11.3. The summed E-state index contributed by atoms with van der Waals surface area (Å²) in [5, 5.41) is 2.86. The van der Waals surface area contributed by atoms with Crippen LogP contribution in [0.15, 0.2) is 12.2 Å². The highest BCUT2D eigenvalue weighted by atomic mass is 16.2. The Kier molecular flexibility index (Phi) is 17.9. The molecule has 0 aromatic carbocycles. The van der Waals surface area contributed by atoms with E-state index in [4.69, 9.17) is 5.73 Å². The summed E-state index contributed by atoms with van der Waals surface area (Å²) in [6.45, 7) is 4.75. The summed E-state index contributed by atoms with van der Waals surface area (Å²) in [7, 11) is 0. The number of unbranched alkanes of at least 4 members (excludes halogenated alkanes) is 12. The SMILES string of the molecule is CCCCCCCC/C=C\CCCCCCCCNC(=O)C(C)N. The van der Waals surface area contributed by atoms with Gasteiger partial charge < -0.3 is 11.1 Å². The maximum atomic E-state index is 11.3. The van der Waals surface area contributed by atoms with Gasteiger partial charge in [0.05, 0.1) is 6.04 Å². The van der Waals surface area contributed by atoms with Crippen LogP contribution in [0.3, 0.4) is 0 Å². The molecule has 0 saturated heterocycles. The van der Waals surface area contributed by atoms with Crippen molar-refractivity contribution < 1.29 is 4.79 Å². The average Bonchev–Trinajstić information content (AvgIpc) is 2.57. The van der Waals surface area contributed by atoms with Gasteiger partial charge in [-0.2, -0.15) is 0 Å². The van der Waals surface area contributed by atoms with Crippen LogP contribution < -0.4 is 11.1 Å². The molecule has 142 valence electrons. The fraction of sp³-hybridized carbons (Fsp3) is 0.857. The molecule has 0 aliphatic carbocycles. The number of rotatable bonds is 17. The van der Waals surface area contributed by atoms with Gasteiger partial charge in [0.15, 0.2) is 0 Å². The van der Waals surface area contributed by atoms with Gasteiger partial charge in [0, 0.05) is 6.54 Å². The molecule has 0 spiro atoms. The Morgan fingerprint density at radius 3 is 1.79 bits per heavy atom. The molecule has 0 aromatic rings. The van der Waals surface area contributed by atoms with Crippen molar-refractivity contribution in [2.45, 2.75) is 110 Å². The summed E-state index contributed by atoms with van der Waals surface area (Å²) >= 11 is 0. The maximum Gasteiger partial charge on any atom is 0.236 e. The topological polar surface area (TPSA) is 55.1 Å². The third-order valence-electron chi connectivity index (χ3n) is 4.40. The maximum absolute atomic E-state index is 11.3. The molecule has 0 saturated carbocycles. The van der Waals surface area contributed by atoms with Crippen molar-refractivity contribution in [1.29, 1.82) is 0 Å². The Hall–Kier alpha value is -0.830. The van der Waals surface area contributed by atoms with Gasteiger partial charge in [0.1, 0.15) is 0 Å². The molecule has 0 aromatic heterocycles. The van der Waals surface area contributed by atoms with Crippen LogP contribution in [0, 0.1) is 0 Å². The van der Waals surface area contributed by atoms with Crippen molar-refractivity contribution in [2.24, 2.45) is 5.73 Å². The fourth-order valence-corrected chi connectivity index (χ4v) is 2.75. The monoisotopic (exact) mass is 338 g/mol. The Bertz CT molecular complexity index is 300. The van der Waals surface area contributed by atoms with Crippen molar-refractivity contribution in [3.8, 4) is 0 Å².